The van der Waals surface area contributed by atoms with E-state index in [-0.39, 0.29) is 0 Å². The van der Waals surface area contributed by atoms with Crippen LogP contribution in [0.5, 0.6) is 0 Å². The molecule has 0 aliphatic carbocycles. The fourth-order valence-electron chi connectivity index (χ4n) is 2.86. The van der Waals surface area contributed by atoms with Gasteiger partial charge in [0.05, 0.1) is 0 Å². The van der Waals surface area contributed by atoms with Gasteiger partial charge in [-0.05, 0) is 77.5 Å². The van der Waals surface area contributed by atoms with Crippen molar-refractivity contribution in [3.63, 3.8) is 0 Å². The summed E-state index contributed by atoms with van der Waals surface area (Å²) in [6.45, 7) is 9.99. The monoisotopic (exact) mass is 284 g/mol. The molecule has 0 radical (unpaired) electrons. The minimum Gasteiger partial charge on any atom is -0.480 e. The Morgan fingerprint density at radius 2 is 2.00 bits per heavy atom. The summed E-state index contributed by atoms with van der Waals surface area (Å²) in [5.41, 5.74) is -0.288. The van der Waals surface area contributed by atoms with Crippen LogP contribution >= 0.6 is 0 Å². The van der Waals surface area contributed by atoms with Crippen LogP contribution in [-0.2, 0) is 4.79 Å². The summed E-state index contributed by atoms with van der Waals surface area (Å²) in [5.74, 6) is -0.753. The van der Waals surface area contributed by atoms with E-state index in [1.54, 1.807) is 14.0 Å². The molecule has 1 rings (SSSR count). The second-order valence-electron chi connectivity index (χ2n) is 7.20. The third-order valence-corrected chi connectivity index (χ3v) is 4.86. The van der Waals surface area contributed by atoms with E-state index in [1.807, 2.05) is 0 Å². The summed E-state index contributed by atoms with van der Waals surface area (Å²) in [4.78, 5) is 13.7. The Bertz CT molecular complexity index is 318. The lowest BCUT2D eigenvalue weighted by molar-refractivity contribution is -0.144. The first-order valence-corrected chi connectivity index (χ1v) is 7.94. The second-order valence-corrected chi connectivity index (χ2v) is 7.20. The molecule has 0 aromatic carbocycles. The molecule has 0 aromatic rings. The number of rotatable bonds is 7. The van der Waals surface area contributed by atoms with Gasteiger partial charge in [0.15, 0.2) is 0 Å². The van der Waals surface area contributed by atoms with E-state index >= 15 is 0 Å². The molecular formula is C16H32N2O2. The van der Waals surface area contributed by atoms with E-state index in [0.29, 0.717) is 11.8 Å². The minimum absolute atomic E-state index is 0.489. The number of unbranched alkanes of at least 4 members (excludes halogenated alkanes) is 1. The Balaban J connectivity index is 2.26. The van der Waals surface area contributed by atoms with Crippen LogP contribution in [0.1, 0.15) is 59.3 Å². The van der Waals surface area contributed by atoms with Gasteiger partial charge >= 0.3 is 5.97 Å². The number of carboxylic acids is 1. The van der Waals surface area contributed by atoms with Gasteiger partial charge in [-0.15, -0.1) is 0 Å². The molecule has 0 amide bonds. The summed E-state index contributed by atoms with van der Waals surface area (Å²) in [6, 6.07) is 0. The Hall–Kier alpha value is -0.610. The van der Waals surface area contributed by atoms with Gasteiger partial charge in [0.25, 0.3) is 0 Å². The fourth-order valence-corrected chi connectivity index (χ4v) is 2.86. The summed E-state index contributed by atoms with van der Waals surface area (Å²) < 4.78 is 0. The molecule has 1 heterocycles. The van der Waals surface area contributed by atoms with Gasteiger partial charge in [-0.2, -0.15) is 0 Å². The Morgan fingerprint density at radius 1 is 1.30 bits per heavy atom. The Labute approximate surface area is 123 Å². The minimum atomic E-state index is -0.777. The number of nitrogens with zero attached hydrogens (tertiary/aromatic N) is 1. The molecule has 2 N–H and O–H groups in total. The number of hydrogen-bond donors (Lipinski definition) is 2. The fraction of sp³-hybridized carbons (Fsp3) is 0.938. The third kappa shape index (κ3) is 5.41. The molecule has 118 valence electrons. The number of carbonyl (C=O) groups is 1. The summed E-state index contributed by atoms with van der Waals surface area (Å²) in [7, 11) is 1.73. The number of likely N-dealkylation sites (N-methyl/N-ethyl adjacent to an activating group) is 1. The average molecular weight is 284 g/mol. The van der Waals surface area contributed by atoms with Crippen molar-refractivity contribution in [2.45, 2.75) is 64.8 Å². The van der Waals surface area contributed by atoms with Crippen molar-refractivity contribution >= 4 is 5.97 Å². The van der Waals surface area contributed by atoms with E-state index in [9.17, 15) is 9.90 Å². The zero-order chi connectivity index (χ0) is 15.2. The van der Waals surface area contributed by atoms with Crippen LogP contribution in [0.3, 0.4) is 0 Å². The number of nitrogens with one attached hydrogen (secondary N) is 1. The van der Waals surface area contributed by atoms with Crippen molar-refractivity contribution in [2.24, 2.45) is 5.41 Å². The molecule has 4 heteroatoms. The van der Waals surface area contributed by atoms with Crippen molar-refractivity contribution in [2.75, 3.05) is 26.7 Å². The van der Waals surface area contributed by atoms with Crippen molar-refractivity contribution in [1.29, 1.82) is 0 Å². The summed E-state index contributed by atoms with van der Waals surface area (Å²) in [6.07, 6.45) is 6.62. The zero-order valence-corrected chi connectivity index (χ0v) is 13.7. The molecule has 1 unspecified atom stereocenters. The highest BCUT2D eigenvalue weighted by Crippen LogP contribution is 2.29. The maximum absolute atomic E-state index is 11.2. The highest BCUT2D eigenvalue weighted by atomic mass is 16.4. The largest absolute Gasteiger partial charge is 0.480 e. The quantitative estimate of drug-likeness (QED) is 0.706. The van der Waals surface area contributed by atoms with Crippen molar-refractivity contribution in [1.82, 2.24) is 10.2 Å². The maximum atomic E-state index is 11.2. The zero-order valence-electron chi connectivity index (χ0n) is 13.7. The van der Waals surface area contributed by atoms with Crippen molar-refractivity contribution < 1.29 is 9.90 Å². The lowest BCUT2D eigenvalue weighted by atomic mass is 9.85. The predicted molar refractivity (Wildman–Crippen MR) is 83.0 cm³/mol. The first-order chi connectivity index (χ1) is 9.29. The SMILES string of the molecule is CNC(C)(CCCCN1CCCC(C)(C)CC1)C(=O)O. The predicted octanol–water partition coefficient (Wildman–Crippen LogP) is 2.73. The molecule has 1 aliphatic heterocycles. The number of carboxylic acid groups (broad SMARTS) is 1. The van der Waals surface area contributed by atoms with Crippen LogP contribution in [0.25, 0.3) is 0 Å². The van der Waals surface area contributed by atoms with Gasteiger partial charge in [0.1, 0.15) is 5.54 Å². The van der Waals surface area contributed by atoms with E-state index in [4.69, 9.17) is 0 Å². The van der Waals surface area contributed by atoms with Gasteiger partial charge in [-0.1, -0.05) is 13.8 Å². The highest BCUT2D eigenvalue weighted by Gasteiger charge is 2.30. The molecule has 0 saturated carbocycles. The number of aliphatic carboxylic acids is 1. The first-order valence-electron chi connectivity index (χ1n) is 7.94. The Kier molecular flexibility index (Phi) is 6.46. The average Bonchev–Trinajstić information content (AvgIpc) is 2.55. The van der Waals surface area contributed by atoms with Crippen LogP contribution in [0.4, 0.5) is 0 Å². The topological polar surface area (TPSA) is 52.6 Å². The molecule has 20 heavy (non-hydrogen) atoms. The van der Waals surface area contributed by atoms with E-state index in [0.717, 1.165) is 19.4 Å². The van der Waals surface area contributed by atoms with Gasteiger partial charge in [0.2, 0.25) is 0 Å². The molecule has 1 aliphatic rings. The smallest absolute Gasteiger partial charge is 0.323 e. The van der Waals surface area contributed by atoms with Crippen LogP contribution in [0, 0.1) is 5.41 Å². The molecule has 4 nitrogen and oxygen atoms in total. The highest BCUT2D eigenvalue weighted by molar-refractivity contribution is 5.78. The van der Waals surface area contributed by atoms with Gasteiger partial charge in [-0.3, -0.25) is 4.79 Å². The van der Waals surface area contributed by atoms with Crippen LogP contribution in [-0.4, -0.2) is 48.2 Å². The van der Waals surface area contributed by atoms with Crippen LogP contribution < -0.4 is 5.32 Å². The van der Waals surface area contributed by atoms with Gasteiger partial charge in [0, 0.05) is 0 Å². The Morgan fingerprint density at radius 3 is 2.60 bits per heavy atom. The van der Waals surface area contributed by atoms with Gasteiger partial charge in [-0.25, -0.2) is 0 Å². The first kappa shape index (κ1) is 17.4. The molecular weight excluding hydrogens is 252 g/mol. The van der Waals surface area contributed by atoms with E-state index in [1.165, 1.54) is 32.4 Å². The molecule has 0 bridgehead atoms. The lowest BCUT2D eigenvalue weighted by Gasteiger charge is -2.25. The molecule has 1 fully saturated rings. The second kappa shape index (κ2) is 7.41. The lowest BCUT2D eigenvalue weighted by Crippen LogP contribution is -2.47. The molecule has 1 saturated heterocycles. The molecule has 1 atom stereocenters. The normalized spacial score (nSPS) is 23.0. The van der Waals surface area contributed by atoms with Crippen molar-refractivity contribution in [3.05, 3.63) is 0 Å². The standard InChI is InChI=1S/C16H32N2O2/c1-15(2)8-7-12-18(13-10-15)11-6-5-9-16(3,17-4)14(19)20/h17H,5-13H2,1-4H3,(H,19,20). The molecule has 0 spiro atoms. The van der Waals surface area contributed by atoms with Crippen molar-refractivity contribution in [3.8, 4) is 0 Å². The third-order valence-electron chi connectivity index (χ3n) is 4.86. The van der Waals surface area contributed by atoms with Gasteiger partial charge < -0.3 is 15.3 Å². The number of likely N-dealkylation sites (tertiary alicyclic amines) is 1. The molecule has 0 aromatic heterocycles. The number of hydrogen-bond acceptors (Lipinski definition) is 3. The summed E-state index contributed by atoms with van der Waals surface area (Å²) >= 11 is 0. The van der Waals surface area contributed by atoms with E-state index in [2.05, 4.69) is 24.1 Å². The van der Waals surface area contributed by atoms with Crippen LogP contribution in [0.2, 0.25) is 0 Å². The summed E-state index contributed by atoms with van der Waals surface area (Å²) in [5, 5.41) is 12.1. The maximum Gasteiger partial charge on any atom is 0.323 e. The van der Waals surface area contributed by atoms with Crippen LogP contribution in [0.15, 0.2) is 0 Å². The van der Waals surface area contributed by atoms with E-state index < -0.39 is 11.5 Å².